The molecule has 1 atom stereocenters. The van der Waals surface area contributed by atoms with Gasteiger partial charge in [0.1, 0.15) is 0 Å². The van der Waals surface area contributed by atoms with E-state index in [2.05, 4.69) is 22.9 Å². The Morgan fingerprint density at radius 1 is 1.22 bits per heavy atom. The molecule has 0 aliphatic heterocycles. The Morgan fingerprint density at radius 3 is 2.67 bits per heavy atom. The maximum atomic E-state index is 5.76. The average molecular weight is 316 g/mol. The van der Waals surface area contributed by atoms with Crippen LogP contribution in [0.2, 0.25) is 0 Å². The summed E-state index contributed by atoms with van der Waals surface area (Å²) in [4.78, 5) is 0. The van der Waals surface area contributed by atoms with Crippen LogP contribution in [0.1, 0.15) is 31.4 Å². The van der Waals surface area contributed by atoms with Crippen LogP contribution in [-0.4, -0.2) is 26.4 Å². The topological polar surface area (TPSA) is 44.5 Å². The lowest BCUT2D eigenvalue weighted by molar-refractivity contribution is 0.00668. The second-order valence-corrected chi connectivity index (χ2v) is 4.94. The molecule has 18 heavy (non-hydrogen) atoms. The second-order valence-electron chi connectivity index (χ2n) is 4.08. The van der Waals surface area contributed by atoms with Gasteiger partial charge in [0.25, 0.3) is 0 Å². The molecule has 0 aliphatic rings. The maximum absolute atomic E-state index is 5.76. The zero-order chi connectivity index (χ0) is 13.2. The highest BCUT2D eigenvalue weighted by Crippen LogP contribution is 2.24. The SMILES string of the molecule is CCCCOCCOC(CN)c1ccccc1Br. The molecule has 102 valence electrons. The van der Waals surface area contributed by atoms with E-state index in [9.17, 15) is 0 Å². The number of ether oxygens (including phenoxy) is 2. The Balaban J connectivity index is 2.32. The van der Waals surface area contributed by atoms with Crippen LogP contribution in [0.5, 0.6) is 0 Å². The summed E-state index contributed by atoms with van der Waals surface area (Å²) >= 11 is 3.51. The second kappa shape index (κ2) is 9.50. The Morgan fingerprint density at radius 2 is 2.00 bits per heavy atom. The molecule has 1 unspecified atom stereocenters. The highest BCUT2D eigenvalue weighted by atomic mass is 79.9. The van der Waals surface area contributed by atoms with Crippen molar-refractivity contribution in [2.45, 2.75) is 25.9 Å². The molecular formula is C14H22BrNO2. The van der Waals surface area contributed by atoms with Crippen molar-refractivity contribution in [3.8, 4) is 0 Å². The molecule has 2 N–H and O–H groups in total. The minimum atomic E-state index is -0.0737. The molecule has 4 heteroatoms. The van der Waals surface area contributed by atoms with Crippen LogP contribution >= 0.6 is 15.9 Å². The van der Waals surface area contributed by atoms with Crippen LogP contribution in [0.15, 0.2) is 28.7 Å². The van der Waals surface area contributed by atoms with Gasteiger partial charge >= 0.3 is 0 Å². The fraction of sp³-hybridized carbons (Fsp3) is 0.571. The van der Waals surface area contributed by atoms with Crippen LogP contribution in [0, 0.1) is 0 Å². The quantitative estimate of drug-likeness (QED) is 0.711. The lowest BCUT2D eigenvalue weighted by atomic mass is 10.1. The van der Waals surface area contributed by atoms with Gasteiger partial charge in [-0.3, -0.25) is 0 Å². The largest absolute Gasteiger partial charge is 0.379 e. The minimum Gasteiger partial charge on any atom is -0.379 e. The van der Waals surface area contributed by atoms with Gasteiger partial charge in [0, 0.05) is 17.6 Å². The first-order valence-corrected chi connectivity index (χ1v) is 7.22. The van der Waals surface area contributed by atoms with Crippen molar-refractivity contribution in [3.05, 3.63) is 34.3 Å². The fourth-order valence-corrected chi connectivity index (χ4v) is 2.16. The van der Waals surface area contributed by atoms with Crippen LogP contribution in [0.4, 0.5) is 0 Å². The third-order valence-corrected chi connectivity index (χ3v) is 3.38. The zero-order valence-corrected chi connectivity index (χ0v) is 12.5. The zero-order valence-electron chi connectivity index (χ0n) is 10.9. The summed E-state index contributed by atoms with van der Waals surface area (Å²) in [5.74, 6) is 0. The number of hydrogen-bond donors (Lipinski definition) is 1. The summed E-state index contributed by atoms with van der Waals surface area (Å²) in [5, 5.41) is 0. The molecule has 0 aliphatic carbocycles. The summed E-state index contributed by atoms with van der Waals surface area (Å²) in [6.07, 6.45) is 2.18. The highest BCUT2D eigenvalue weighted by molar-refractivity contribution is 9.10. The van der Waals surface area contributed by atoms with E-state index in [1.165, 1.54) is 0 Å². The van der Waals surface area contributed by atoms with Crippen LogP contribution in [0.3, 0.4) is 0 Å². The van der Waals surface area contributed by atoms with Gasteiger partial charge in [-0.05, 0) is 18.1 Å². The van der Waals surface area contributed by atoms with E-state index in [0.717, 1.165) is 29.5 Å². The van der Waals surface area contributed by atoms with Gasteiger partial charge in [0.2, 0.25) is 0 Å². The van der Waals surface area contributed by atoms with Crippen molar-refractivity contribution in [1.82, 2.24) is 0 Å². The first-order valence-electron chi connectivity index (χ1n) is 6.43. The van der Waals surface area contributed by atoms with Crippen LogP contribution < -0.4 is 5.73 Å². The first-order chi connectivity index (χ1) is 8.79. The molecular weight excluding hydrogens is 294 g/mol. The number of hydrogen-bond acceptors (Lipinski definition) is 3. The molecule has 0 saturated carbocycles. The van der Waals surface area contributed by atoms with E-state index in [0.29, 0.717) is 19.8 Å². The van der Waals surface area contributed by atoms with Gasteiger partial charge in [0.15, 0.2) is 0 Å². The summed E-state index contributed by atoms with van der Waals surface area (Å²) < 4.78 is 12.3. The van der Waals surface area contributed by atoms with E-state index in [4.69, 9.17) is 15.2 Å². The predicted octanol–water partition coefficient (Wildman–Crippen LogP) is 3.28. The standard InChI is InChI=1S/C14H22BrNO2/c1-2-3-8-17-9-10-18-14(11-16)12-6-4-5-7-13(12)15/h4-7,14H,2-3,8-11,16H2,1H3. The van der Waals surface area contributed by atoms with Crippen molar-refractivity contribution in [3.63, 3.8) is 0 Å². The maximum Gasteiger partial charge on any atom is 0.0959 e. The van der Waals surface area contributed by atoms with E-state index in [1.54, 1.807) is 0 Å². The number of halogens is 1. The van der Waals surface area contributed by atoms with Gasteiger partial charge < -0.3 is 15.2 Å². The first kappa shape index (κ1) is 15.6. The minimum absolute atomic E-state index is 0.0737. The Bertz CT molecular complexity index is 333. The van der Waals surface area contributed by atoms with Gasteiger partial charge in [-0.1, -0.05) is 47.5 Å². The van der Waals surface area contributed by atoms with E-state index >= 15 is 0 Å². The Labute approximate surface area is 118 Å². The molecule has 0 spiro atoms. The van der Waals surface area contributed by atoms with Crippen molar-refractivity contribution in [2.24, 2.45) is 5.73 Å². The van der Waals surface area contributed by atoms with E-state index < -0.39 is 0 Å². The molecule has 0 fully saturated rings. The predicted molar refractivity (Wildman–Crippen MR) is 77.6 cm³/mol. The summed E-state index contributed by atoms with van der Waals surface area (Å²) in [6, 6.07) is 8.00. The molecule has 0 heterocycles. The molecule has 0 aromatic heterocycles. The molecule has 1 rings (SSSR count). The van der Waals surface area contributed by atoms with Gasteiger partial charge in [-0.2, -0.15) is 0 Å². The third-order valence-electron chi connectivity index (χ3n) is 2.66. The molecule has 1 aromatic carbocycles. The molecule has 0 saturated heterocycles. The highest BCUT2D eigenvalue weighted by Gasteiger charge is 2.12. The molecule has 0 radical (unpaired) electrons. The van der Waals surface area contributed by atoms with Crippen molar-refractivity contribution >= 4 is 15.9 Å². The number of unbranched alkanes of at least 4 members (excludes halogenated alkanes) is 1. The number of benzene rings is 1. The van der Waals surface area contributed by atoms with Crippen LogP contribution in [-0.2, 0) is 9.47 Å². The average Bonchev–Trinajstić information content (AvgIpc) is 2.39. The summed E-state index contributed by atoms with van der Waals surface area (Å²) in [6.45, 7) is 4.63. The Kier molecular flexibility index (Phi) is 8.25. The number of nitrogens with two attached hydrogens (primary N) is 1. The molecule has 0 bridgehead atoms. The summed E-state index contributed by atoms with van der Waals surface area (Å²) in [5.41, 5.74) is 6.84. The van der Waals surface area contributed by atoms with Crippen LogP contribution in [0.25, 0.3) is 0 Å². The fourth-order valence-electron chi connectivity index (χ4n) is 1.62. The van der Waals surface area contributed by atoms with Gasteiger partial charge in [0.05, 0.1) is 19.3 Å². The lowest BCUT2D eigenvalue weighted by Crippen LogP contribution is -2.18. The monoisotopic (exact) mass is 315 g/mol. The van der Waals surface area contributed by atoms with E-state index in [-0.39, 0.29) is 6.10 Å². The van der Waals surface area contributed by atoms with Crippen molar-refractivity contribution in [1.29, 1.82) is 0 Å². The van der Waals surface area contributed by atoms with Gasteiger partial charge in [-0.15, -0.1) is 0 Å². The molecule has 3 nitrogen and oxygen atoms in total. The van der Waals surface area contributed by atoms with E-state index in [1.807, 2.05) is 24.3 Å². The van der Waals surface area contributed by atoms with Crippen molar-refractivity contribution < 1.29 is 9.47 Å². The van der Waals surface area contributed by atoms with Gasteiger partial charge in [-0.25, -0.2) is 0 Å². The lowest BCUT2D eigenvalue weighted by Gasteiger charge is -2.17. The molecule has 0 amide bonds. The Hall–Kier alpha value is -0.420. The smallest absolute Gasteiger partial charge is 0.0959 e. The normalized spacial score (nSPS) is 12.6. The summed E-state index contributed by atoms with van der Waals surface area (Å²) in [7, 11) is 0. The third kappa shape index (κ3) is 5.48. The van der Waals surface area contributed by atoms with Crippen molar-refractivity contribution in [2.75, 3.05) is 26.4 Å². The number of rotatable bonds is 9. The molecule has 1 aromatic rings.